The Labute approximate surface area is 136 Å². The van der Waals surface area contributed by atoms with Gasteiger partial charge in [-0.1, -0.05) is 48.5 Å². The third kappa shape index (κ3) is 4.57. The summed E-state index contributed by atoms with van der Waals surface area (Å²) in [6, 6.07) is 19.2. The minimum atomic E-state index is -0.638. The molecule has 4 nitrogen and oxygen atoms in total. The zero-order valence-corrected chi connectivity index (χ0v) is 13.1. The second-order valence-corrected chi connectivity index (χ2v) is 5.69. The van der Waals surface area contributed by atoms with E-state index >= 15 is 0 Å². The Morgan fingerprint density at radius 1 is 1.00 bits per heavy atom. The number of hydrogen-bond donors (Lipinski definition) is 0. The summed E-state index contributed by atoms with van der Waals surface area (Å²) in [5.41, 5.74) is 1.22. The summed E-state index contributed by atoms with van der Waals surface area (Å²) in [5, 5.41) is 0. The van der Waals surface area contributed by atoms with Gasteiger partial charge in [0.25, 0.3) is 0 Å². The summed E-state index contributed by atoms with van der Waals surface area (Å²) < 4.78 is 10.8. The van der Waals surface area contributed by atoms with E-state index in [1.807, 2.05) is 36.4 Å². The summed E-state index contributed by atoms with van der Waals surface area (Å²) in [6.45, 7) is 1.71. The van der Waals surface area contributed by atoms with Gasteiger partial charge in [0.15, 0.2) is 6.23 Å². The first-order valence-electron chi connectivity index (χ1n) is 8.03. The largest absolute Gasteiger partial charge is 0.515 e. The molecule has 1 unspecified atom stereocenters. The molecule has 0 saturated carbocycles. The van der Waals surface area contributed by atoms with Crippen molar-refractivity contribution in [1.29, 1.82) is 0 Å². The molecule has 23 heavy (non-hydrogen) atoms. The molecule has 0 N–H and O–H groups in total. The first-order valence-corrected chi connectivity index (χ1v) is 8.03. The highest BCUT2D eigenvalue weighted by molar-refractivity contribution is 5.63. The van der Waals surface area contributed by atoms with Crippen LogP contribution in [0, 0.1) is 0 Å². The molecule has 120 valence electrons. The molecule has 1 aliphatic heterocycles. The fraction of sp³-hybridized carbons (Fsp3) is 0.316. The maximum absolute atomic E-state index is 12.0. The number of carbonyl (C=O) groups excluding carboxylic acids is 1. The lowest BCUT2D eigenvalue weighted by atomic mass is 10.1. The molecule has 1 heterocycles. The maximum Gasteiger partial charge on any atom is 0.515 e. The molecular weight excluding hydrogens is 290 g/mol. The quantitative estimate of drug-likeness (QED) is 0.626. The molecule has 1 saturated heterocycles. The summed E-state index contributed by atoms with van der Waals surface area (Å²) in [4.78, 5) is 14.2. The number of carbonyl (C=O) groups is 1. The van der Waals surface area contributed by atoms with E-state index < -0.39 is 6.16 Å². The highest BCUT2D eigenvalue weighted by atomic mass is 16.7. The van der Waals surface area contributed by atoms with Gasteiger partial charge >= 0.3 is 6.16 Å². The van der Waals surface area contributed by atoms with E-state index in [0.717, 1.165) is 32.4 Å². The van der Waals surface area contributed by atoms with E-state index in [9.17, 15) is 4.79 Å². The minimum absolute atomic E-state index is 0.222. The van der Waals surface area contributed by atoms with Crippen molar-refractivity contribution in [3.63, 3.8) is 0 Å². The summed E-state index contributed by atoms with van der Waals surface area (Å²) in [7, 11) is 0. The number of ether oxygens (including phenoxy) is 2. The number of para-hydroxylation sites is 1. The standard InChI is InChI=1S/C19H21NO3/c21-19(22-17-11-5-2-6-12-17)23-18-13-7-8-14-20(18)15-16-9-3-1-4-10-16/h1-6,9-12,18H,7-8,13-15H2. The van der Waals surface area contributed by atoms with E-state index in [0.29, 0.717) is 5.75 Å². The van der Waals surface area contributed by atoms with Crippen molar-refractivity contribution >= 4 is 6.16 Å². The molecule has 0 bridgehead atoms. The molecule has 2 aromatic carbocycles. The Morgan fingerprint density at radius 3 is 2.43 bits per heavy atom. The Balaban J connectivity index is 1.59. The Bertz CT molecular complexity index is 615. The van der Waals surface area contributed by atoms with Crippen molar-refractivity contribution in [3.05, 3.63) is 66.2 Å². The summed E-state index contributed by atoms with van der Waals surface area (Å²) >= 11 is 0. The number of likely N-dealkylation sites (tertiary alicyclic amines) is 1. The predicted molar refractivity (Wildman–Crippen MR) is 88.0 cm³/mol. The molecule has 0 amide bonds. The minimum Gasteiger partial charge on any atom is -0.415 e. The van der Waals surface area contributed by atoms with Crippen LogP contribution in [0.15, 0.2) is 60.7 Å². The zero-order chi connectivity index (χ0) is 15.9. The zero-order valence-electron chi connectivity index (χ0n) is 13.1. The first kappa shape index (κ1) is 15.6. The topological polar surface area (TPSA) is 38.8 Å². The molecule has 0 radical (unpaired) electrons. The van der Waals surface area contributed by atoms with Crippen LogP contribution in [0.25, 0.3) is 0 Å². The van der Waals surface area contributed by atoms with Crippen molar-refractivity contribution in [3.8, 4) is 5.75 Å². The van der Waals surface area contributed by atoms with Gasteiger partial charge in [-0.15, -0.1) is 0 Å². The van der Waals surface area contributed by atoms with Gasteiger partial charge in [-0.05, 0) is 37.0 Å². The average molecular weight is 311 g/mol. The van der Waals surface area contributed by atoms with Crippen molar-refractivity contribution in [1.82, 2.24) is 4.90 Å². The van der Waals surface area contributed by atoms with Gasteiger partial charge in [-0.2, -0.15) is 0 Å². The van der Waals surface area contributed by atoms with Crippen molar-refractivity contribution in [2.24, 2.45) is 0 Å². The van der Waals surface area contributed by atoms with Gasteiger partial charge in [-0.25, -0.2) is 4.79 Å². The molecule has 1 atom stereocenters. The number of piperidine rings is 1. The fourth-order valence-electron chi connectivity index (χ4n) is 2.81. The van der Waals surface area contributed by atoms with E-state index in [1.165, 1.54) is 5.56 Å². The smallest absolute Gasteiger partial charge is 0.415 e. The summed E-state index contributed by atoms with van der Waals surface area (Å²) in [6.07, 6.45) is 2.17. The van der Waals surface area contributed by atoms with Gasteiger partial charge in [0.2, 0.25) is 0 Å². The normalized spacial score (nSPS) is 18.3. The van der Waals surface area contributed by atoms with Gasteiger partial charge < -0.3 is 9.47 Å². The lowest BCUT2D eigenvalue weighted by Gasteiger charge is -2.34. The van der Waals surface area contributed by atoms with Crippen LogP contribution in [0.1, 0.15) is 24.8 Å². The second-order valence-electron chi connectivity index (χ2n) is 5.69. The summed E-state index contributed by atoms with van der Waals surface area (Å²) in [5.74, 6) is 0.503. The van der Waals surface area contributed by atoms with Crippen LogP contribution in [-0.2, 0) is 11.3 Å². The van der Waals surface area contributed by atoms with Crippen LogP contribution in [-0.4, -0.2) is 23.8 Å². The molecule has 3 rings (SSSR count). The maximum atomic E-state index is 12.0. The van der Waals surface area contributed by atoms with E-state index in [2.05, 4.69) is 17.0 Å². The number of nitrogens with zero attached hydrogens (tertiary/aromatic N) is 1. The van der Waals surface area contributed by atoms with Crippen LogP contribution >= 0.6 is 0 Å². The Hall–Kier alpha value is -2.33. The van der Waals surface area contributed by atoms with E-state index in [-0.39, 0.29) is 6.23 Å². The van der Waals surface area contributed by atoms with Crippen LogP contribution in [0.3, 0.4) is 0 Å². The molecular formula is C19H21NO3. The molecule has 1 aliphatic rings. The van der Waals surface area contributed by atoms with Crippen LogP contribution < -0.4 is 4.74 Å². The first-order chi connectivity index (χ1) is 11.3. The van der Waals surface area contributed by atoms with Crippen molar-refractivity contribution in [2.75, 3.05) is 6.54 Å². The highest BCUT2D eigenvalue weighted by Crippen LogP contribution is 2.21. The third-order valence-electron chi connectivity index (χ3n) is 3.96. The SMILES string of the molecule is O=C(Oc1ccccc1)OC1CCCCN1Cc1ccccc1. The predicted octanol–water partition coefficient (Wildman–Crippen LogP) is 4.21. The molecule has 0 aromatic heterocycles. The van der Waals surface area contributed by atoms with Gasteiger partial charge in [0.1, 0.15) is 5.75 Å². The van der Waals surface area contributed by atoms with Crippen molar-refractivity contribution in [2.45, 2.75) is 32.0 Å². The molecule has 4 heteroatoms. The van der Waals surface area contributed by atoms with Gasteiger partial charge in [0, 0.05) is 13.1 Å². The fourth-order valence-corrected chi connectivity index (χ4v) is 2.81. The Morgan fingerprint density at radius 2 is 1.70 bits per heavy atom. The monoisotopic (exact) mass is 311 g/mol. The second kappa shape index (κ2) is 7.79. The Kier molecular flexibility index (Phi) is 5.27. The lowest BCUT2D eigenvalue weighted by molar-refractivity contribution is -0.0561. The van der Waals surface area contributed by atoms with Crippen LogP contribution in [0.5, 0.6) is 5.75 Å². The third-order valence-corrected chi connectivity index (χ3v) is 3.96. The lowest BCUT2D eigenvalue weighted by Crippen LogP contribution is -2.42. The highest BCUT2D eigenvalue weighted by Gasteiger charge is 2.26. The van der Waals surface area contributed by atoms with Crippen LogP contribution in [0.2, 0.25) is 0 Å². The average Bonchev–Trinajstić information content (AvgIpc) is 2.58. The molecule has 0 aliphatic carbocycles. The van der Waals surface area contributed by atoms with E-state index in [1.54, 1.807) is 12.1 Å². The van der Waals surface area contributed by atoms with Crippen LogP contribution in [0.4, 0.5) is 4.79 Å². The van der Waals surface area contributed by atoms with Gasteiger partial charge in [0.05, 0.1) is 0 Å². The molecule has 1 fully saturated rings. The van der Waals surface area contributed by atoms with Gasteiger partial charge in [-0.3, -0.25) is 4.90 Å². The number of benzene rings is 2. The molecule has 0 spiro atoms. The van der Waals surface area contributed by atoms with Crippen molar-refractivity contribution < 1.29 is 14.3 Å². The number of hydrogen-bond acceptors (Lipinski definition) is 4. The molecule has 2 aromatic rings. The number of rotatable bonds is 4. The van der Waals surface area contributed by atoms with E-state index in [4.69, 9.17) is 9.47 Å².